The first-order valence-electron chi connectivity index (χ1n) is 7.44. The predicted molar refractivity (Wildman–Crippen MR) is 88.3 cm³/mol. The summed E-state index contributed by atoms with van der Waals surface area (Å²) in [6.45, 7) is 6.77. The van der Waals surface area contributed by atoms with E-state index >= 15 is 0 Å². The van der Waals surface area contributed by atoms with E-state index in [0.29, 0.717) is 5.76 Å². The van der Waals surface area contributed by atoms with Crippen molar-refractivity contribution in [3.8, 4) is 10.6 Å². The van der Waals surface area contributed by atoms with E-state index < -0.39 is 0 Å². The number of nitrogens with one attached hydrogen (secondary N) is 1. The van der Waals surface area contributed by atoms with E-state index in [4.69, 9.17) is 4.52 Å². The lowest BCUT2D eigenvalue weighted by Crippen LogP contribution is -2.27. The van der Waals surface area contributed by atoms with Gasteiger partial charge in [-0.15, -0.1) is 11.3 Å². The Morgan fingerprint density at radius 2 is 2.35 bits per heavy atom. The molecule has 0 radical (unpaired) electrons. The van der Waals surface area contributed by atoms with Gasteiger partial charge in [0, 0.05) is 23.9 Å². The van der Waals surface area contributed by atoms with Gasteiger partial charge in [-0.2, -0.15) is 5.10 Å². The quantitative estimate of drug-likeness (QED) is 0.778. The highest BCUT2D eigenvalue weighted by atomic mass is 32.1. The molecular formula is C16H18N4O2S. The van der Waals surface area contributed by atoms with Crippen molar-refractivity contribution in [1.29, 1.82) is 0 Å². The molecule has 6 nitrogen and oxygen atoms in total. The van der Waals surface area contributed by atoms with Crippen LogP contribution in [0.5, 0.6) is 0 Å². The zero-order chi connectivity index (χ0) is 16.4. The lowest BCUT2D eigenvalue weighted by molar-refractivity contribution is 0.0930. The van der Waals surface area contributed by atoms with Crippen molar-refractivity contribution in [3.05, 3.63) is 46.7 Å². The van der Waals surface area contributed by atoms with Gasteiger partial charge in [0.15, 0.2) is 11.5 Å². The van der Waals surface area contributed by atoms with Crippen LogP contribution in [0, 0.1) is 6.92 Å². The van der Waals surface area contributed by atoms with Gasteiger partial charge in [-0.1, -0.05) is 11.2 Å². The fourth-order valence-corrected chi connectivity index (χ4v) is 3.14. The van der Waals surface area contributed by atoms with E-state index in [1.807, 2.05) is 43.0 Å². The number of hydrogen-bond donors (Lipinski definition) is 1. The minimum Gasteiger partial charge on any atom is -0.355 e. The van der Waals surface area contributed by atoms with Gasteiger partial charge in [0.2, 0.25) is 0 Å². The number of rotatable bonds is 5. The Hall–Kier alpha value is -2.41. The number of hydrogen-bond acceptors (Lipinski definition) is 5. The fourth-order valence-electron chi connectivity index (χ4n) is 2.47. The average Bonchev–Trinajstić information content (AvgIpc) is 3.27. The third-order valence-corrected chi connectivity index (χ3v) is 4.65. The van der Waals surface area contributed by atoms with Crippen molar-refractivity contribution < 1.29 is 9.32 Å². The summed E-state index contributed by atoms with van der Waals surface area (Å²) in [5.74, 6) is 0.348. The van der Waals surface area contributed by atoms with Crippen molar-refractivity contribution in [3.63, 3.8) is 0 Å². The molecule has 0 aromatic carbocycles. The summed E-state index contributed by atoms with van der Waals surface area (Å²) in [4.78, 5) is 13.3. The highest BCUT2D eigenvalue weighted by molar-refractivity contribution is 7.13. The Bertz CT molecular complexity index is 804. The third-order valence-electron chi connectivity index (χ3n) is 3.76. The number of nitrogens with zero attached hydrogens (tertiary/aromatic N) is 3. The molecule has 0 aliphatic carbocycles. The van der Waals surface area contributed by atoms with Crippen LogP contribution in [0.3, 0.4) is 0 Å². The molecule has 3 heterocycles. The maximum absolute atomic E-state index is 12.3. The Labute approximate surface area is 138 Å². The minimum absolute atomic E-state index is 0.148. The van der Waals surface area contributed by atoms with Crippen LogP contribution < -0.4 is 5.32 Å². The average molecular weight is 330 g/mol. The van der Waals surface area contributed by atoms with Gasteiger partial charge < -0.3 is 9.84 Å². The van der Waals surface area contributed by atoms with Crippen LogP contribution in [0.2, 0.25) is 0 Å². The molecule has 0 aliphatic rings. The number of thiophene rings is 1. The van der Waals surface area contributed by atoms with Crippen LogP contribution in [0.25, 0.3) is 10.6 Å². The van der Waals surface area contributed by atoms with E-state index in [1.165, 1.54) is 0 Å². The molecule has 0 saturated carbocycles. The molecule has 0 aliphatic heterocycles. The summed E-state index contributed by atoms with van der Waals surface area (Å²) in [7, 11) is 0. The second kappa shape index (κ2) is 6.37. The number of carbonyl (C=O) groups is 1. The molecule has 0 unspecified atom stereocenters. The zero-order valence-electron chi connectivity index (χ0n) is 13.2. The molecule has 0 bridgehead atoms. The standard InChI is InChI=1S/C16H18N4O2S/c1-4-20-11(3)12(9-17-20)10(2)18-16(21)13-8-14(22-19-13)15-6-5-7-23-15/h5-10H,4H2,1-3H3,(H,18,21)/t10-/m0/s1. The van der Waals surface area contributed by atoms with Crippen LogP contribution in [0.1, 0.15) is 41.6 Å². The van der Waals surface area contributed by atoms with E-state index in [9.17, 15) is 4.79 Å². The van der Waals surface area contributed by atoms with Crippen LogP contribution in [-0.2, 0) is 6.54 Å². The van der Waals surface area contributed by atoms with Gasteiger partial charge in [-0.25, -0.2) is 0 Å². The van der Waals surface area contributed by atoms with Gasteiger partial charge in [-0.05, 0) is 32.2 Å². The van der Waals surface area contributed by atoms with Crippen LogP contribution in [0.4, 0.5) is 0 Å². The number of aryl methyl sites for hydroxylation is 1. The van der Waals surface area contributed by atoms with Crippen molar-refractivity contribution in [2.45, 2.75) is 33.4 Å². The highest BCUT2D eigenvalue weighted by Gasteiger charge is 2.19. The van der Waals surface area contributed by atoms with E-state index in [-0.39, 0.29) is 17.6 Å². The number of aromatic nitrogens is 3. The summed E-state index contributed by atoms with van der Waals surface area (Å²) in [5, 5.41) is 13.1. The van der Waals surface area contributed by atoms with Gasteiger partial charge in [0.05, 0.1) is 17.1 Å². The lowest BCUT2D eigenvalue weighted by Gasteiger charge is -2.12. The fraction of sp³-hybridized carbons (Fsp3) is 0.312. The molecule has 1 amide bonds. The van der Waals surface area contributed by atoms with E-state index in [2.05, 4.69) is 15.6 Å². The Morgan fingerprint density at radius 3 is 3.00 bits per heavy atom. The second-order valence-corrected chi connectivity index (χ2v) is 6.20. The molecule has 3 aromatic rings. The second-order valence-electron chi connectivity index (χ2n) is 5.25. The largest absolute Gasteiger partial charge is 0.355 e. The SMILES string of the molecule is CCn1ncc([C@H](C)NC(=O)c2cc(-c3cccs3)on2)c1C. The smallest absolute Gasteiger partial charge is 0.273 e. The minimum atomic E-state index is -0.257. The van der Waals surface area contributed by atoms with Crippen molar-refractivity contribution >= 4 is 17.2 Å². The number of amides is 1. The van der Waals surface area contributed by atoms with Gasteiger partial charge in [-0.3, -0.25) is 9.48 Å². The molecule has 23 heavy (non-hydrogen) atoms. The number of carbonyl (C=O) groups excluding carboxylic acids is 1. The summed E-state index contributed by atoms with van der Waals surface area (Å²) in [6, 6.07) is 5.37. The van der Waals surface area contributed by atoms with Crippen LogP contribution >= 0.6 is 11.3 Å². The van der Waals surface area contributed by atoms with E-state index in [1.54, 1.807) is 23.6 Å². The Kier molecular flexibility index (Phi) is 4.29. The molecule has 0 saturated heterocycles. The molecule has 0 spiro atoms. The Morgan fingerprint density at radius 1 is 1.52 bits per heavy atom. The first kappa shape index (κ1) is 15.5. The first-order valence-corrected chi connectivity index (χ1v) is 8.32. The molecule has 3 rings (SSSR count). The van der Waals surface area contributed by atoms with Crippen molar-refractivity contribution in [2.24, 2.45) is 0 Å². The summed E-state index contributed by atoms with van der Waals surface area (Å²) >= 11 is 1.54. The van der Waals surface area contributed by atoms with Gasteiger partial charge in [0.1, 0.15) is 0 Å². The topological polar surface area (TPSA) is 73.0 Å². The predicted octanol–water partition coefficient (Wildman–Crippen LogP) is 3.42. The maximum Gasteiger partial charge on any atom is 0.273 e. The summed E-state index contributed by atoms with van der Waals surface area (Å²) < 4.78 is 7.15. The summed E-state index contributed by atoms with van der Waals surface area (Å²) in [5.41, 5.74) is 2.34. The molecule has 0 fully saturated rings. The maximum atomic E-state index is 12.3. The first-order chi connectivity index (χ1) is 11.1. The molecule has 1 atom stereocenters. The van der Waals surface area contributed by atoms with Gasteiger partial charge >= 0.3 is 0 Å². The molecular weight excluding hydrogens is 312 g/mol. The summed E-state index contributed by atoms with van der Waals surface area (Å²) in [6.07, 6.45) is 1.80. The zero-order valence-corrected chi connectivity index (χ0v) is 14.1. The van der Waals surface area contributed by atoms with Crippen LogP contribution in [0.15, 0.2) is 34.3 Å². The lowest BCUT2D eigenvalue weighted by atomic mass is 10.1. The van der Waals surface area contributed by atoms with Crippen LogP contribution in [-0.4, -0.2) is 20.8 Å². The molecule has 3 aromatic heterocycles. The normalized spacial score (nSPS) is 12.3. The van der Waals surface area contributed by atoms with Gasteiger partial charge in [0.25, 0.3) is 5.91 Å². The molecule has 1 N–H and O–H groups in total. The van der Waals surface area contributed by atoms with E-state index in [0.717, 1.165) is 22.7 Å². The molecule has 120 valence electrons. The molecule has 7 heteroatoms. The van der Waals surface area contributed by atoms with Crippen molar-refractivity contribution in [1.82, 2.24) is 20.3 Å². The highest BCUT2D eigenvalue weighted by Crippen LogP contribution is 2.25. The monoisotopic (exact) mass is 330 g/mol. The third kappa shape index (κ3) is 3.05. The van der Waals surface area contributed by atoms with Crippen molar-refractivity contribution in [2.75, 3.05) is 0 Å². The Balaban J connectivity index is 1.72.